The van der Waals surface area contributed by atoms with Gasteiger partial charge in [-0.1, -0.05) is 13.8 Å². The minimum Gasteiger partial charge on any atom is -0.481 e. The summed E-state index contributed by atoms with van der Waals surface area (Å²) in [6.07, 6.45) is 0. The molecule has 0 spiro atoms. The molecule has 0 saturated heterocycles. The summed E-state index contributed by atoms with van der Waals surface area (Å²) in [7, 11) is 0. The van der Waals surface area contributed by atoms with Crippen LogP contribution in [0.25, 0.3) is 0 Å². The number of amides is 1. The van der Waals surface area contributed by atoms with Crippen molar-refractivity contribution < 1.29 is 24.6 Å². The summed E-state index contributed by atoms with van der Waals surface area (Å²) in [4.78, 5) is 34.1. The van der Waals surface area contributed by atoms with Crippen LogP contribution in [0.15, 0.2) is 18.2 Å². The molecule has 6 nitrogen and oxygen atoms in total. The molecule has 0 unspecified atom stereocenters. The van der Waals surface area contributed by atoms with Crippen LogP contribution in [0.5, 0.6) is 0 Å². The zero-order valence-corrected chi connectivity index (χ0v) is 12.0. The molecule has 1 fully saturated rings. The van der Waals surface area contributed by atoms with Gasteiger partial charge >= 0.3 is 11.9 Å². The molecular formula is C15H17NO5. The molecule has 2 atom stereocenters. The van der Waals surface area contributed by atoms with Gasteiger partial charge in [0.15, 0.2) is 0 Å². The van der Waals surface area contributed by atoms with Crippen molar-refractivity contribution in [3.05, 3.63) is 29.3 Å². The number of aliphatic carboxylic acids is 1. The molecule has 1 aliphatic carbocycles. The standard InChI is InChI=1S/C15H17NO5/c1-7-6-8(13(18)19)4-5-9(7)16-12(17)10-11(14(20)21)15(10,2)3/h4-6,10-11H,1-3H3,(H,16,17)(H,18,19)(H,20,21)/t10-,11+/m1/s1. The summed E-state index contributed by atoms with van der Waals surface area (Å²) in [5.41, 5.74) is 0.691. The van der Waals surface area contributed by atoms with Crippen LogP contribution < -0.4 is 5.32 Å². The van der Waals surface area contributed by atoms with Crippen LogP contribution >= 0.6 is 0 Å². The molecule has 1 aliphatic rings. The molecule has 6 heteroatoms. The summed E-state index contributed by atoms with van der Waals surface area (Å²) < 4.78 is 0. The van der Waals surface area contributed by atoms with Crippen molar-refractivity contribution >= 4 is 23.5 Å². The Morgan fingerprint density at radius 3 is 2.19 bits per heavy atom. The first kappa shape index (κ1) is 15.0. The van der Waals surface area contributed by atoms with E-state index in [0.29, 0.717) is 11.3 Å². The van der Waals surface area contributed by atoms with E-state index in [1.807, 2.05) is 0 Å². The molecule has 0 aliphatic heterocycles. The van der Waals surface area contributed by atoms with Gasteiger partial charge in [-0.25, -0.2) is 4.79 Å². The topological polar surface area (TPSA) is 104 Å². The lowest BCUT2D eigenvalue weighted by Crippen LogP contribution is -2.18. The highest BCUT2D eigenvalue weighted by Gasteiger charge is 2.65. The van der Waals surface area contributed by atoms with Gasteiger partial charge in [-0.05, 0) is 36.1 Å². The third kappa shape index (κ3) is 2.61. The number of hydrogen-bond donors (Lipinski definition) is 3. The quantitative estimate of drug-likeness (QED) is 0.787. The highest BCUT2D eigenvalue weighted by molar-refractivity contribution is 6.00. The second-order valence-corrected chi connectivity index (χ2v) is 5.94. The number of carboxylic acids is 2. The molecule has 0 bridgehead atoms. The lowest BCUT2D eigenvalue weighted by atomic mass is 10.1. The van der Waals surface area contributed by atoms with E-state index < -0.39 is 29.2 Å². The van der Waals surface area contributed by atoms with E-state index in [1.165, 1.54) is 18.2 Å². The van der Waals surface area contributed by atoms with Crippen LogP contribution in [-0.4, -0.2) is 28.1 Å². The Balaban J connectivity index is 2.15. The molecule has 1 amide bonds. The molecule has 0 aromatic heterocycles. The van der Waals surface area contributed by atoms with Crippen LogP contribution in [0.1, 0.15) is 29.8 Å². The van der Waals surface area contributed by atoms with Gasteiger partial charge in [0.05, 0.1) is 17.4 Å². The van der Waals surface area contributed by atoms with Gasteiger partial charge in [0.2, 0.25) is 5.91 Å². The number of nitrogens with one attached hydrogen (secondary N) is 1. The summed E-state index contributed by atoms with van der Waals surface area (Å²) >= 11 is 0. The number of anilines is 1. The van der Waals surface area contributed by atoms with E-state index in [2.05, 4.69) is 5.32 Å². The van der Waals surface area contributed by atoms with Crippen LogP contribution in [0.4, 0.5) is 5.69 Å². The maximum absolute atomic E-state index is 12.2. The maximum atomic E-state index is 12.2. The third-order valence-corrected chi connectivity index (χ3v) is 4.11. The first-order chi connectivity index (χ1) is 9.66. The number of hydrogen-bond acceptors (Lipinski definition) is 3. The predicted octanol–water partition coefficient (Wildman–Crippen LogP) is 1.99. The van der Waals surface area contributed by atoms with Gasteiger partial charge < -0.3 is 15.5 Å². The van der Waals surface area contributed by atoms with E-state index in [1.54, 1.807) is 20.8 Å². The number of carboxylic acid groups (broad SMARTS) is 2. The summed E-state index contributed by atoms with van der Waals surface area (Å²) in [5.74, 6) is -3.62. The summed E-state index contributed by atoms with van der Waals surface area (Å²) in [6.45, 7) is 5.18. The van der Waals surface area contributed by atoms with Crippen LogP contribution in [0.2, 0.25) is 0 Å². The minimum absolute atomic E-state index is 0.140. The first-order valence-electron chi connectivity index (χ1n) is 6.54. The van der Waals surface area contributed by atoms with E-state index >= 15 is 0 Å². The Morgan fingerprint density at radius 2 is 1.76 bits per heavy atom. The van der Waals surface area contributed by atoms with Crippen LogP contribution in [0, 0.1) is 24.2 Å². The fraction of sp³-hybridized carbons (Fsp3) is 0.400. The highest BCUT2D eigenvalue weighted by atomic mass is 16.4. The Kier molecular flexibility index (Phi) is 3.49. The maximum Gasteiger partial charge on any atom is 0.335 e. The third-order valence-electron chi connectivity index (χ3n) is 4.11. The smallest absolute Gasteiger partial charge is 0.335 e. The number of carbonyl (C=O) groups is 3. The minimum atomic E-state index is -1.04. The number of aryl methyl sites for hydroxylation is 1. The highest BCUT2D eigenvalue weighted by Crippen LogP contribution is 2.58. The Labute approximate surface area is 121 Å². The first-order valence-corrected chi connectivity index (χ1v) is 6.54. The van der Waals surface area contributed by atoms with Gasteiger partial charge in [-0.2, -0.15) is 0 Å². The average Bonchev–Trinajstić information content (AvgIpc) is 2.95. The number of rotatable bonds is 4. The zero-order chi connectivity index (χ0) is 15.9. The molecule has 0 heterocycles. The number of benzene rings is 1. The molecule has 1 aromatic rings. The molecular weight excluding hydrogens is 274 g/mol. The summed E-state index contributed by atoms with van der Waals surface area (Å²) in [5, 5.41) is 20.7. The molecule has 112 valence electrons. The van der Waals surface area contributed by atoms with Crippen LogP contribution in [-0.2, 0) is 9.59 Å². The Bertz CT molecular complexity index is 635. The van der Waals surface area contributed by atoms with Crippen molar-refractivity contribution in [2.24, 2.45) is 17.3 Å². The SMILES string of the molecule is Cc1cc(C(=O)O)ccc1NC(=O)[C@H]1[C@@H](C(=O)O)C1(C)C. The van der Waals surface area contributed by atoms with Gasteiger partial charge in [0.1, 0.15) is 0 Å². The molecule has 1 aromatic carbocycles. The van der Waals surface area contributed by atoms with E-state index in [-0.39, 0.29) is 11.5 Å². The second-order valence-electron chi connectivity index (χ2n) is 5.94. The molecule has 0 radical (unpaired) electrons. The number of aromatic carboxylic acids is 1. The monoisotopic (exact) mass is 291 g/mol. The fourth-order valence-corrected chi connectivity index (χ4v) is 2.74. The van der Waals surface area contributed by atoms with Crippen molar-refractivity contribution in [3.8, 4) is 0 Å². The van der Waals surface area contributed by atoms with Crippen LogP contribution in [0.3, 0.4) is 0 Å². The zero-order valence-electron chi connectivity index (χ0n) is 12.0. The normalized spacial score (nSPS) is 22.4. The second kappa shape index (κ2) is 4.87. The van der Waals surface area contributed by atoms with E-state index in [9.17, 15) is 14.4 Å². The molecule has 21 heavy (non-hydrogen) atoms. The lowest BCUT2D eigenvalue weighted by molar-refractivity contribution is -0.140. The van der Waals surface area contributed by atoms with Crippen molar-refractivity contribution in [1.29, 1.82) is 0 Å². The summed E-state index contributed by atoms with van der Waals surface area (Å²) in [6, 6.07) is 4.38. The van der Waals surface area contributed by atoms with Gasteiger partial charge in [-0.15, -0.1) is 0 Å². The van der Waals surface area contributed by atoms with Crippen molar-refractivity contribution in [1.82, 2.24) is 0 Å². The van der Waals surface area contributed by atoms with Gasteiger partial charge in [0, 0.05) is 5.69 Å². The van der Waals surface area contributed by atoms with Crippen molar-refractivity contribution in [3.63, 3.8) is 0 Å². The van der Waals surface area contributed by atoms with Crippen molar-refractivity contribution in [2.75, 3.05) is 5.32 Å². The van der Waals surface area contributed by atoms with Gasteiger partial charge in [0.25, 0.3) is 0 Å². The van der Waals surface area contributed by atoms with Crippen molar-refractivity contribution in [2.45, 2.75) is 20.8 Å². The predicted molar refractivity (Wildman–Crippen MR) is 75.2 cm³/mol. The van der Waals surface area contributed by atoms with Gasteiger partial charge in [-0.3, -0.25) is 9.59 Å². The Hall–Kier alpha value is -2.37. The number of carbonyl (C=O) groups excluding carboxylic acids is 1. The molecule has 1 saturated carbocycles. The fourth-order valence-electron chi connectivity index (χ4n) is 2.74. The average molecular weight is 291 g/mol. The Morgan fingerprint density at radius 1 is 1.14 bits per heavy atom. The van der Waals surface area contributed by atoms with E-state index in [4.69, 9.17) is 10.2 Å². The lowest BCUT2D eigenvalue weighted by Gasteiger charge is -2.09. The molecule has 2 rings (SSSR count). The van der Waals surface area contributed by atoms with E-state index in [0.717, 1.165) is 0 Å². The largest absolute Gasteiger partial charge is 0.481 e. The molecule has 3 N–H and O–H groups in total.